The van der Waals surface area contributed by atoms with Crippen molar-refractivity contribution in [3.8, 4) is 0 Å². The minimum Gasteiger partial charge on any atom is -0.310 e. The van der Waals surface area contributed by atoms with Crippen LogP contribution in [0, 0.1) is 0 Å². The van der Waals surface area contributed by atoms with Crippen molar-refractivity contribution in [1.82, 2.24) is 10.2 Å². The first kappa shape index (κ1) is 11.9. The summed E-state index contributed by atoms with van der Waals surface area (Å²) in [7, 11) is 2.19. The maximum absolute atomic E-state index is 5.95. The number of piperidine rings is 1. The lowest BCUT2D eigenvalue weighted by Crippen LogP contribution is -2.40. The van der Waals surface area contributed by atoms with E-state index in [1.807, 2.05) is 18.2 Å². The van der Waals surface area contributed by atoms with Crippen molar-refractivity contribution < 1.29 is 0 Å². The average molecular weight is 239 g/mol. The van der Waals surface area contributed by atoms with Crippen molar-refractivity contribution in [3.63, 3.8) is 0 Å². The van der Waals surface area contributed by atoms with Crippen LogP contribution in [0.1, 0.15) is 18.4 Å². The Balaban J connectivity index is 1.79. The number of nitrogens with zero attached hydrogens (tertiary/aromatic N) is 1. The molecule has 1 saturated heterocycles. The molecular weight excluding hydrogens is 220 g/mol. The fourth-order valence-electron chi connectivity index (χ4n) is 2.12. The number of nitrogens with one attached hydrogen (secondary N) is 1. The monoisotopic (exact) mass is 238 g/mol. The van der Waals surface area contributed by atoms with Crippen molar-refractivity contribution in [2.24, 2.45) is 0 Å². The van der Waals surface area contributed by atoms with E-state index in [2.05, 4.69) is 23.3 Å². The predicted molar refractivity (Wildman–Crippen MR) is 68.8 cm³/mol. The summed E-state index contributed by atoms with van der Waals surface area (Å²) in [5.41, 5.74) is 1.27. The fourth-order valence-corrected chi connectivity index (χ4v) is 2.33. The first-order valence-corrected chi connectivity index (χ1v) is 6.28. The average Bonchev–Trinajstić information content (AvgIpc) is 2.28. The predicted octanol–water partition coefficient (Wildman–Crippen LogP) is 2.52. The molecule has 2 rings (SSSR count). The van der Waals surface area contributed by atoms with E-state index in [4.69, 9.17) is 11.6 Å². The zero-order valence-electron chi connectivity index (χ0n) is 9.75. The Morgan fingerprint density at radius 1 is 1.38 bits per heavy atom. The molecule has 0 saturated carbocycles. The molecule has 2 nitrogen and oxygen atoms in total. The number of rotatable bonds is 3. The molecule has 0 amide bonds. The second-order valence-corrected chi connectivity index (χ2v) is 5.02. The Bertz CT molecular complexity index is 332. The molecular formula is C13H19ClN2. The maximum Gasteiger partial charge on any atom is 0.0409 e. The van der Waals surface area contributed by atoms with Crippen molar-refractivity contribution in [3.05, 3.63) is 34.9 Å². The topological polar surface area (TPSA) is 15.3 Å². The third-order valence-corrected chi connectivity index (χ3v) is 3.44. The molecule has 1 fully saturated rings. The minimum atomic E-state index is 0.662. The summed E-state index contributed by atoms with van der Waals surface area (Å²) < 4.78 is 0. The molecule has 0 spiro atoms. The Labute approximate surface area is 103 Å². The number of hydrogen-bond donors (Lipinski definition) is 1. The van der Waals surface area contributed by atoms with E-state index >= 15 is 0 Å². The summed E-state index contributed by atoms with van der Waals surface area (Å²) in [6.45, 7) is 3.33. The maximum atomic E-state index is 5.95. The largest absolute Gasteiger partial charge is 0.310 e. The zero-order valence-corrected chi connectivity index (χ0v) is 10.5. The summed E-state index contributed by atoms with van der Waals surface area (Å²) >= 11 is 5.95. The van der Waals surface area contributed by atoms with Crippen LogP contribution in [0.4, 0.5) is 0 Å². The molecule has 0 atom stereocenters. The van der Waals surface area contributed by atoms with E-state index in [1.54, 1.807) is 0 Å². The molecule has 1 aromatic carbocycles. The number of halogens is 1. The first-order valence-electron chi connectivity index (χ1n) is 5.90. The molecule has 0 aromatic heterocycles. The van der Waals surface area contributed by atoms with Crippen molar-refractivity contribution in [2.45, 2.75) is 25.4 Å². The molecule has 16 heavy (non-hydrogen) atoms. The first-order chi connectivity index (χ1) is 7.74. The van der Waals surface area contributed by atoms with E-state index in [0.29, 0.717) is 6.04 Å². The van der Waals surface area contributed by atoms with Gasteiger partial charge in [0.1, 0.15) is 0 Å². The van der Waals surface area contributed by atoms with E-state index < -0.39 is 0 Å². The molecule has 0 bridgehead atoms. The smallest absolute Gasteiger partial charge is 0.0409 e. The quantitative estimate of drug-likeness (QED) is 0.871. The molecule has 88 valence electrons. The van der Waals surface area contributed by atoms with Gasteiger partial charge in [-0.2, -0.15) is 0 Å². The summed E-state index contributed by atoms with van der Waals surface area (Å²) in [4.78, 5) is 2.39. The number of hydrogen-bond acceptors (Lipinski definition) is 2. The zero-order chi connectivity index (χ0) is 11.4. The molecule has 0 radical (unpaired) electrons. The van der Waals surface area contributed by atoms with Crippen molar-refractivity contribution >= 4 is 11.6 Å². The Morgan fingerprint density at radius 3 is 2.81 bits per heavy atom. The lowest BCUT2D eigenvalue weighted by molar-refractivity contribution is 0.234. The molecule has 1 aromatic rings. The highest BCUT2D eigenvalue weighted by Crippen LogP contribution is 2.12. The Morgan fingerprint density at radius 2 is 2.12 bits per heavy atom. The van der Waals surface area contributed by atoms with Crippen molar-refractivity contribution in [1.29, 1.82) is 0 Å². The van der Waals surface area contributed by atoms with Crippen LogP contribution in [0.2, 0.25) is 5.02 Å². The Kier molecular flexibility index (Phi) is 4.22. The van der Waals surface area contributed by atoms with Gasteiger partial charge in [-0.1, -0.05) is 23.7 Å². The van der Waals surface area contributed by atoms with E-state index in [9.17, 15) is 0 Å². The van der Waals surface area contributed by atoms with Gasteiger partial charge in [0.25, 0.3) is 0 Å². The second-order valence-electron chi connectivity index (χ2n) is 4.59. The van der Waals surface area contributed by atoms with Crippen LogP contribution < -0.4 is 5.32 Å². The van der Waals surface area contributed by atoms with Gasteiger partial charge in [0.2, 0.25) is 0 Å². The summed E-state index contributed by atoms with van der Waals surface area (Å²) in [6, 6.07) is 8.74. The Hall–Kier alpha value is -0.570. The normalized spacial score (nSPS) is 18.9. The van der Waals surface area contributed by atoms with Gasteiger partial charge in [0, 0.05) is 17.6 Å². The third-order valence-electron chi connectivity index (χ3n) is 3.20. The number of benzene rings is 1. The summed E-state index contributed by atoms with van der Waals surface area (Å²) in [5, 5.41) is 4.42. The molecule has 1 aliphatic rings. The minimum absolute atomic E-state index is 0.662. The van der Waals surface area contributed by atoms with Crippen molar-refractivity contribution in [2.75, 3.05) is 20.1 Å². The van der Waals surface area contributed by atoms with Crippen LogP contribution in [0.3, 0.4) is 0 Å². The van der Waals surface area contributed by atoms with Gasteiger partial charge < -0.3 is 10.2 Å². The molecule has 1 aliphatic heterocycles. The van der Waals surface area contributed by atoms with Crippen LogP contribution in [-0.2, 0) is 6.54 Å². The van der Waals surface area contributed by atoms with Gasteiger partial charge in [-0.05, 0) is 50.7 Å². The van der Waals surface area contributed by atoms with E-state index in [-0.39, 0.29) is 0 Å². The lowest BCUT2D eigenvalue weighted by atomic mass is 10.1. The molecule has 0 unspecified atom stereocenters. The standard InChI is InChI=1S/C13H19ClN2/c1-16-7-5-13(6-8-16)15-10-11-3-2-4-12(14)9-11/h2-4,9,13,15H,5-8,10H2,1H3. The van der Waals surface area contributed by atoms with Gasteiger partial charge in [-0.25, -0.2) is 0 Å². The second kappa shape index (κ2) is 5.67. The SMILES string of the molecule is CN1CCC(NCc2cccc(Cl)c2)CC1. The summed E-state index contributed by atoms with van der Waals surface area (Å²) in [6.07, 6.45) is 2.49. The highest BCUT2D eigenvalue weighted by Gasteiger charge is 2.15. The van der Waals surface area contributed by atoms with Crippen LogP contribution >= 0.6 is 11.6 Å². The van der Waals surface area contributed by atoms with Gasteiger partial charge >= 0.3 is 0 Å². The third kappa shape index (κ3) is 3.48. The van der Waals surface area contributed by atoms with E-state index in [0.717, 1.165) is 11.6 Å². The highest BCUT2D eigenvalue weighted by atomic mass is 35.5. The molecule has 3 heteroatoms. The highest BCUT2D eigenvalue weighted by molar-refractivity contribution is 6.30. The van der Waals surface area contributed by atoms with Gasteiger partial charge in [-0.15, -0.1) is 0 Å². The van der Waals surface area contributed by atoms with Gasteiger partial charge in [-0.3, -0.25) is 0 Å². The number of likely N-dealkylation sites (tertiary alicyclic amines) is 1. The van der Waals surface area contributed by atoms with Crippen LogP contribution in [0.15, 0.2) is 24.3 Å². The van der Waals surface area contributed by atoms with Gasteiger partial charge in [0.15, 0.2) is 0 Å². The fraction of sp³-hybridized carbons (Fsp3) is 0.538. The van der Waals surface area contributed by atoms with E-state index in [1.165, 1.54) is 31.5 Å². The van der Waals surface area contributed by atoms with Gasteiger partial charge in [0.05, 0.1) is 0 Å². The molecule has 1 N–H and O–H groups in total. The van der Waals surface area contributed by atoms with Crippen LogP contribution in [0.5, 0.6) is 0 Å². The van der Waals surface area contributed by atoms with Crippen LogP contribution in [-0.4, -0.2) is 31.1 Å². The molecule has 0 aliphatic carbocycles. The molecule has 1 heterocycles. The summed E-state index contributed by atoms with van der Waals surface area (Å²) in [5.74, 6) is 0. The lowest BCUT2D eigenvalue weighted by Gasteiger charge is -2.29. The van der Waals surface area contributed by atoms with Crippen LogP contribution in [0.25, 0.3) is 0 Å².